The molecule has 3 N–H and O–H groups in total. The van der Waals surface area contributed by atoms with Crippen molar-refractivity contribution >= 4 is 17.5 Å². The lowest BCUT2D eigenvalue weighted by molar-refractivity contribution is -0.227. The van der Waals surface area contributed by atoms with Gasteiger partial charge in [0.05, 0.1) is 11.0 Å². The van der Waals surface area contributed by atoms with Gasteiger partial charge in [0.25, 0.3) is 0 Å². The van der Waals surface area contributed by atoms with Gasteiger partial charge in [-0.2, -0.15) is 0 Å². The minimum Gasteiger partial charge on any atom is -0.481 e. The van der Waals surface area contributed by atoms with Crippen molar-refractivity contribution in [3.8, 4) is 0 Å². The van der Waals surface area contributed by atoms with Gasteiger partial charge in [-0.15, -0.1) is 0 Å². The van der Waals surface area contributed by atoms with Crippen molar-refractivity contribution in [2.24, 2.45) is 56.7 Å². The summed E-state index contributed by atoms with van der Waals surface area (Å²) >= 11 is 0. The molecule has 4 fully saturated rings. The summed E-state index contributed by atoms with van der Waals surface area (Å²) in [6, 6.07) is 8.09. The second-order valence-corrected chi connectivity index (χ2v) is 19.4. The molecule has 4 saturated carbocycles. The quantitative estimate of drug-likeness (QED) is 0.136. The fraction of sp³-hybridized carbons (Fsp3) is 0.727. The molecule has 0 spiro atoms. The summed E-state index contributed by atoms with van der Waals surface area (Å²) < 4.78 is 5.63. The standard InChI is InChI=1S/C44H66N2O4/c1-28(27-46-26-25-45-10)31-17-22-44(38(48)49)24-23-42(8)33(36(31)44)15-16-35-41(7)20-18-32(40(5,6)34(41)19-21-43(35,42)9)29-11-13-30(14-12-29)37(47)50-39(2,3)4/h11-14,18,31,33-36,45-46H,1,15-17,19-27H2,2-10H3,(H,48,49). The number of carbonyl (C=O) groups excluding carboxylic acids is 1. The molecule has 1 aromatic carbocycles. The van der Waals surface area contributed by atoms with Crippen LogP contribution in [0.25, 0.3) is 5.57 Å². The van der Waals surface area contributed by atoms with Gasteiger partial charge in [-0.3, -0.25) is 4.79 Å². The van der Waals surface area contributed by atoms with Gasteiger partial charge in [0, 0.05) is 19.6 Å². The lowest BCUT2D eigenvalue weighted by Crippen LogP contribution is -2.66. The van der Waals surface area contributed by atoms with Crippen molar-refractivity contribution in [2.75, 3.05) is 26.7 Å². The first-order chi connectivity index (χ1) is 23.4. The number of hydrogen-bond acceptors (Lipinski definition) is 5. The molecule has 0 aromatic heterocycles. The second kappa shape index (κ2) is 12.9. The molecule has 9 unspecified atom stereocenters. The van der Waals surface area contributed by atoms with Crippen LogP contribution in [0.4, 0.5) is 0 Å². The number of benzene rings is 1. The number of carboxylic acids is 1. The summed E-state index contributed by atoms with van der Waals surface area (Å²) in [6.45, 7) is 25.6. The zero-order chi connectivity index (χ0) is 36.5. The largest absolute Gasteiger partial charge is 0.481 e. The first kappa shape index (κ1) is 37.3. The number of esters is 1. The van der Waals surface area contributed by atoms with Crippen molar-refractivity contribution in [3.63, 3.8) is 0 Å². The normalized spacial score (nSPS) is 38.9. The smallest absolute Gasteiger partial charge is 0.338 e. The van der Waals surface area contributed by atoms with Crippen molar-refractivity contribution in [3.05, 3.63) is 53.6 Å². The minimum absolute atomic E-state index is 0.0148. The predicted molar refractivity (Wildman–Crippen MR) is 203 cm³/mol. The SMILES string of the molecule is C=C(CNCCNC)C1CCC2(C(=O)O)CCC3(C)C(CCC4C5(C)CC=C(c6ccc(C(=O)OC(C)(C)C)cc6)C(C)(C)C5CCC43C)C12. The maximum absolute atomic E-state index is 13.2. The van der Waals surface area contributed by atoms with Crippen molar-refractivity contribution in [1.82, 2.24) is 10.6 Å². The van der Waals surface area contributed by atoms with E-state index in [1.165, 1.54) is 36.0 Å². The fourth-order valence-corrected chi connectivity index (χ4v) is 13.2. The Morgan fingerprint density at radius 1 is 0.900 bits per heavy atom. The third-order valence-corrected chi connectivity index (χ3v) is 15.7. The highest BCUT2D eigenvalue weighted by atomic mass is 16.6. The zero-order valence-electron chi connectivity index (χ0n) is 32.6. The number of hydrogen-bond donors (Lipinski definition) is 3. The molecule has 6 heteroatoms. The van der Waals surface area contributed by atoms with Gasteiger partial charge in [0.1, 0.15) is 5.60 Å². The first-order valence-electron chi connectivity index (χ1n) is 19.7. The fourth-order valence-electron chi connectivity index (χ4n) is 13.2. The summed E-state index contributed by atoms with van der Waals surface area (Å²) in [6.07, 6.45) is 11.8. The Bertz CT molecular complexity index is 1520. The Kier molecular flexibility index (Phi) is 9.63. The van der Waals surface area contributed by atoms with Crippen molar-refractivity contribution in [2.45, 2.75) is 119 Å². The molecule has 0 amide bonds. The van der Waals surface area contributed by atoms with Crippen LogP contribution in [-0.2, 0) is 9.53 Å². The van der Waals surface area contributed by atoms with E-state index in [1.807, 2.05) is 40.0 Å². The third-order valence-electron chi connectivity index (χ3n) is 15.7. The molecule has 5 aliphatic carbocycles. The minimum atomic E-state index is -0.615. The number of ether oxygens (including phenoxy) is 1. The highest BCUT2D eigenvalue weighted by molar-refractivity contribution is 5.90. The molecule has 6 nitrogen and oxygen atoms in total. The zero-order valence-corrected chi connectivity index (χ0v) is 32.6. The van der Waals surface area contributed by atoms with Crippen LogP contribution in [0.2, 0.25) is 0 Å². The monoisotopic (exact) mass is 687 g/mol. The molecule has 6 rings (SSSR count). The number of carboxylic acid groups (broad SMARTS) is 1. The van der Waals surface area contributed by atoms with Crippen LogP contribution in [0.3, 0.4) is 0 Å². The molecular weight excluding hydrogens is 620 g/mol. The number of rotatable bonds is 9. The molecule has 0 saturated heterocycles. The maximum Gasteiger partial charge on any atom is 0.338 e. The van der Waals surface area contributed by atoms with Gasteiger partial charge < -0.3 is 20.5 Å². The van der Waals surface area contributed by atoms with Crippen LogP contribution in [0.5, 0.6) is 0 Å². The molecule has 5 aliphatic rings. The van der Waals surface area contributed by atoms with E-state index in [4.69, 9.17) is 4.74 Å². The first-order valence-corrected chi connectivity index (χ1v) is 19.7. The number of fused-ring (bicyclic) bond motifs is 7. The number of aliphatic carboxylic acids is 1. The van der Waals surface area contributed by atoms with E-state index in [2.05, 4.69) is 70.0 Å². The van der Waals surface area contributed by atoms with Crippen LogP contribution in [0.1, 0.15) is 129 Å². The highest BCUT2D eigenvalue weighted by Gasteiger charge is 2.71. The van der Waals surface area contributed by atoms with E-state index in [-0.39, 0.29) is 39.5 Å². The van der Waals surface area contributed by atoms with E-state index in [0.717, 1.165) is 58.2 Å². The van der Waals surface area contributed by atoms with E-state index >= 15 is 0 Å². The summed E-state index contributed by atoms with van der Waals surface area (Å²) in [4.78, 5) is 26.0. The second-order valence-electron chi connectivity index (χ2n) is 19.4. The summed E-state index contributed by atoms with van der Waals surface area (Å²) in [5.74, 6) is 1.14. The van der Waals surface area contributed by atoms with Crippen LogP contribution in [-0.4, -0.2) is 49.3 Å². The number of likely N-dealkylation sites (N-methyl/N-ethyl adjacent to an activating group) is 1. The van der Waals surface area contributed by atoms with Gasteiger partial charge in [-0.05, 0) is 160 Å². The number of nitrogens with one attached hydrogen (secondary N) is 2. The molecule has 0 aliphatic heterocycles. The Morgan fingerprint density at radius 3 is 2.24 bits per heavy atom. The molecule has 0 heterocycles. The third kappa shape index (κ3) is 5.74. The van der Waals surface area contributed by atoms with Crippen LogP contribution in [0, 0.1) is 56.7 Å². The lowest BCUT2D eigenvalue weighted by Gasteiger charge is -2.72. The molecule has 276 valence electrons. The summed E-state index contributed by atoms with van der Waals surface area (Å²) in [7, 11) is 1.97. The van der Waals surface area contributed by atoms with Gasteiger partial charge >= 0.3 is 11.9 Å². The van der Waals surface area contributed by atoms with Gasteiger partial charge in [0.2, 0.25) is 0 Å². The van der Waals surface area contributed by atoms with E-state index in [1.54, 1.807) is 0 Å². The Labute approximate surface area is 302 Å². The molecule has 9 atom stereocenters. The van der Waals surface area contributed by atoms with Crippen LogP contribution < -0.4 is 10.6 Å². The Hall–Kier alpha value is -2.44. The van der Waals surface area contributed by atoms with E-state index in [0.29, 0.717) is 23.3 Å². The number of carbonyl (C=O) groups is 2. The highest BCUT2D eigenvalue weighted by Crippen LogP contribution is 2.77. The average molecular weight is 687 g/mol. The Balaban J connectivity index is 1.28. The molecule has 0 bridgehead atoms. The summed E-state index contributed by atoms with van der Waals surface area (Å²) in [5.41, 5.74) is 3.69. The Morgan fingerprint density at radius 2 is 1.60 bits per heavy atom. The van der Waals surface area contributed by atoms with Crippen LogP contribution in [0.15, 0.2) is 42.5 Å². The predicted octanol–water partition coefficient (Wildman–Crippen LogP) is 9.17. The van der Waals surface area contributed by atoms with Crippen molar-refractivity contribution < 1.29 is 19.4 Å². The molecular formula is C44H66N2O4. The maximum atomic E-state index is 13.2. The van der Waals surface area contributed by atoms with E-state index in [9.17, 15) is 14.7 Å². The summed E-state index contributed by atoms with van der Waals surface area (Å²) in [5, 5.41) is 17.7. The lowest BCUT2D eigenvalue weighted by atomic mass is 9.32. The average Bonchev–Trinajstić information content (AvgIpc) is 3.44. The van der Waals surface area contributed by atoms with Crippen molar-refractivity contribution in [1.29, 1.82) is 0 Å². The van der Waals surface area contributed by atoms with Gasteiger partial charge in [-0.1, -0.05) is 65.0 Å². The van der Waals surface area contributed by atoms with Gasteiger partial charge in [-0.25, -0.2) is 4.79 Å². The number of allylic oxidation sites excluding steroid dienone is 2. The van der Waals surface area contributed by atoms with Gasteiger partial charge in [0.15, 0.2) is 0 Å². The molecule has 50 heavy (non-hydrogen) atoms. The van der Waals surface area contributed by atoms with Crippen LogP contribution >= 0.6 is 0 Å². The molecule has 1 aromatic rings. The topological polar surface area (TPSA) is 87.7 Å². The molecule has 0 radical (unpaired) electrons. The van der Waals surface area contributed by atoms with E-state index < -0.39 is 17.0 Å².